The van der Waals surface area contributed by atoms with Crippen LogP contribution in [0.5, 0.6) is 0 Å². The van der Waals surface area contributed by atoms with Gasteiger partial charge in [0.25, 0.3) is 0 Å². The molecule has 0 unspecified atom stereocenters. The Hall–Kier alpha value is -1.89. The molecule has 0 fully saturated rings. The predicted molar refractivity (Wildman–Crippen MR) is 145 cm³/mol. The van der Waals surface area contributed by atoms with Crippen molar-refractivity contribution in [3.8, 4) is 0 Å². The minimum absolute atomic E-state index is 0.262. The van der Waals surface area contributed by atoms with Crippen molar-refractivity contribution in [2.75, 3.05) is 26.2 Å². The molecule has 36 heavy (non-hydrogen) atoms. The van der Waals surface area contributed by atoms with Crippen molar-refractivity contribution >= 4 is 17.9 Å². The highest BCUT2D eigenvalue weighted by atomic mass is 16.4. The summed E-state index contributed by atoms with van der Waals surface area (Å²) in [5, 5.41) is 27.4. The van der Waals surface area contributed by atoms with Crippen LogP contribution < -0.4 is 0 Å². The number of carbonyl (C=O) groups is 3. The van der Waals surface area contributed by atoms with E-state index < -0.39 is 42.0 Å². The lowest BCUT2D eigenvalue weighted by atomic mass is 10.0. The Bertz CT molecular complexity index is 564. The van der Waals surface area contributed by atoms with Gasteiger partial charge in [-0.3, -0.25) is 4.48 Å². The van der Waals surface area contributed by atoms with Gasteiger partial charge in [-0.05, 0) is 38.5 Å². The van der Waals surface area contributed by atoms with Crippen LogP contribution in [0.25, 0.3) is 0 Å². The van der Waals surface area contributed by atoms with E-state index in [1.165, 1.54) is 96.3 Å². The number of carboxylic acid groups (broad SMARTS) is 3. The smallest absolute Gasteiger partial charge is 0.359 e. The van der Waals surface area contributed by atoms with Gasteiger partial charge in [0.1, 0.15) is 0 Å². The summed E-state index contributed by atoms with van der Waals surface area (Å²) in [6.07, 6.45) is 27.9. The summed E-state index contributed by atoms with van der Waals surface area (Å²) in [5.41, 5.74) is 0. The molecule has 0 aliphatic rings. The van der Waals surface area contributed by atoms with Crippen LogP contribution in [0.2, 0.25) is 0 Å². The lowest BCUT2D eigenvalue weighted by Gasteiger charge is -2.34. The molecular weight excluding hydrogens is 458 g/mol. The Kier molecular flexibility index (Phi) is 22.3. The quantitative estimate of drug-likeness (QED) is 0.0618. The van der Waals surface area contributed by atoms with Gasteiger partial charge in [-0.25, -0.2) is 14.4 Å². The molecule has 7 nitrogen and oxygen atoms in total. The second kappa shape index (κ2) is 23.5. The van der Waals surface area contributed by atoms with Gasteiger partial charge in [-0.15, -0.1) is 0 Å². The van der Waals surface area contributed by atoms with E-state index >= 15 is 0 Å². The summed E-state index contributed by atoms with van der Waals surface area (Å²) in [5.74, 6) is -3.51. The molecule has 0 aliphatic carbocycles. The lowest BCUT2D eigenvalue weighted by Crippen LogP contribution is -2.57. The molecular formula is C29H54NO6+. The average molecular weight is 513 g/mol. The Morgan fingerprint density at radius 3 is 1.14 bits per heavy atom. The summed E-state index contributed by atoms with van der Waals surface area (Å²) in [6, 6.07) is 0. The van der Waals surface area contributed by atoms with Gasteiger partial charge in [0, 0.05) is 0 Å². The third-order valence-corrected chi connectivity index (χ3v) is 6.81. The number of unbranched alkanes of at least 4 members (excludes halogenated alkanes) is 17. The second-order valence-electron chi connectivity index (χ2n) is 10.4. The summed E-state index contributed by atoms with van der Waals surface area (Å²) in [4.78, 5) is 33.6. The normalized spacial score (nSPS) is 11.8. The predicted octanol–water partition coefficient (Wildman–Crippen LogP) is 7.05. The Balaban J connectivity index is 3.69. The number of aliphatic carboxylic acids is 3. The first-order valence-corrected chi connectivity index (χ1v) is 14.5. The van der Waals surface area contributed by atoms with Crippen molar-refractivity contribution in [3.63, 3.8) is 0 Å². The first kappa shape index (κ1) is 34.1. The third kappa shape index (κ3) is 22.6. The highest BCUT2D eigenvalue weighted by molar-refractivity contribution is 5.73. The first-order valence-electron chi connectivity index (χ1n) is 14.5. The maximum Gasteiger partial charge on any atom is 0.359 e. The van der Waals surface area contributed by atoms with Crippen molar-refractivity contribution in [1.82, 2.24) is 0 Å². The lowest BCUT2D eigenvalue weighted by molar-refractivity contribution is -0.907. The topological polar surface area (TPSA) is 112 Å². The van der Waals surface area contributed by atoms with E-state index in [0.29, 0.717) is 6.42 Å². The maximum atomic E-state index is 11.2. The number of carboxylic acids is 3. The second-order valence-corrected chi connectivity index (χ2v) is 10.4. The van der Waals surface area contributed by atoms with Crippen molar-refractivity contribution < 1.29 is 34.2 Å². The Morgan fingerprint density at radius 1 is 0.500 bits per heavy atom. The largest absolute Gasteiger partial charge is 0.477 e. The van der Waals surface area contributed by atoms with Crippen LogP contribution >= 0.6 is 0 Å². The fourth-order valence-corrected chi connectivity index (χ4v) is 4.84. The molecule has 0 bridgehead atoms. The third-order valence-electron chi connectivity index (χ3n) is 6.81. The van der Waals surface area contributed by atoms with Gasteiger partial charge in [0.15, 0.2) is 19.6 Å². The maximum absolute atomic E-state index is 11.2. The minimum atomic E-state index is -1.17. The molecule has 0 aromatic heterocycles. The zero-order chi connectivity index (χ0) is 26.9. The standard InChI is InChI=1S/C29H53NO6/c1-2-3-4-5-6-7-8-9-10-11-12-13-14-15-16-17-18-19-20-21-22-23-30(24-27(31)32,25-28(33)34)26-29(35)36/h10-11H,2-9,12-26H2,1H3,(H2-,31,32,33,34,35,36)/p+1/b11-10+. The van der Waals surface area contributed by atoms with Crippen LogP contribution in [-0.4, -0.2) is 63.9 Å². The monoisotopic (exact) mass is 512 g/mol. The number of quaternary nitrogens is 1. The Morgan fingerprint density at radius 2 is 0.806 bits per heavy atom. The van der Waals surface area contributed by atoms with Gasteiger partial charge in [0.05, 0.1) is 6.54 Å². The molecule has 0 spiro atoms. The highest BCUT2D eigenvalue weighted by Gasteiger charge is 2.35. The molecule has 0 rings (SSSR count). The molecule has 0 saturated heterocycles. The first-order chi connectivity index (χ1) is 17.3. The van der Waals surface area contributed by atoms with Crippen LogP contribution in [0.3, 0.4) is 0 Å². The van der Waals surface area contributed by atoms with E-state index in [-0.39, 0.29) is 6.54 Å². The van der Waals surface area contributed by atoms with E-state index in [1.54, 1.807) is 0 Å². The molecule has 0 heterocycles. The van der Waals surface area contributed by atoms with Crippen molar-refractivity contribution in [2.24, 2.45) is 0 Å². The van der Waals surface area contributed by atoms with E-state index in [2.05, 4.69) is 19.1 Å². The van der Waals surface area contributed by atoms with Crippen molar-refractivity contribution in [2.45, 2.75) is 129 Å². The molecule has 3 N–H and O–H groups in total. The van der Waals surface area contributed by atoms with Gasteiger partial charge in [-0.1, -0.05) is 103 Å². The van der Waals surface area contributed by atoms with E-state index in [4.69, 9.17) is 15.3 Å². The van der Waals surface area contributed by atoms with E-state index in [9.17, 15) is 14.4 Å². The minimum Gasteiger partial charge on any atom is -0.477 e. The number of hydrogen-bond donors (Lipinski definition) is 3. The van der Waals surface area contributed by atoms with Gasteiger partial charge >= 0.3 is 17.9 Å². The average Bonchev–Trinajstić information content (AvgIpc) is 2.78. The van der Waals surface area contributed by atoms with Gasteiger partial charge < -0.3 is 15.3 Å². The Labute approximate surface area is 219 Å². The summed E-state index contributed by atoms with van der Waals surface area (Å²) in [6.45, 7) is 1.09. The highest BCUT2D eigenvalue weighted by Crippen LogP contribution is 2.15. The molecule has 0 saturated carbocycles. The number of rotatable bonds is 27. The van der Waals surface area contributed by atoms with Gasteiger partial charge in [0.2, 0.25) is 0 Å². The van der Waals surface area contributed by atoms with Crippen LogP contribution in [0.4, 0.5) is 0 Å². The zero-order valence-corrected chi connectivity index (χ0v) is 22.9. The zero-order valence-electron chi connectivity index (χ0n) is 22.9. The van der Waals surface area contributed by atoms with E-state index in [0.717, 1.165) is 19.3 Å². The fraction of sp³-hybridized carbons (Fsp3) is 0.828. The molecule has 0 aliphatic heterocycles. The molecule has 0 radical (unpaired) electrons. The van der Waals surface area contributed by atoms with Crippen molar-refractivity contribution in [3.05, 3.63) is 12.2 Å². The molecule has 0 amide bonds. The SMILES string of the molecule is CCCCCCCCC/C=C/CCCCCCCCCCCC[N+](CC(=O)O)(CC(=O)O)CC(=O)O. The van der Waals surface area contributed by atoms with Crippen LogP contribution in [-0.2, 0) is 14.4 Å². The molecule has 0 aromatic rings. The number of hydrogen-bond acceptors (Lipinski definition) is 3. The van der Waals surface area contributed by atoms with Crippen LogP contribution in [0, 0.1) is 0 Å². The van der Waals surface area contributed by atoms with Crippen molar-refractivity contribution in [1.29, 1.82) is 0 Å². The van der Waals surface area contributed by atoms with Crippen LogP contribution in [0.1, 0.15) is 129 Å². The van der Waals surface area contributed by atoms with Crippen LogP contribution in [0.15, 0.2) is 12.2 Å². The van der Waals surface area contributed by atoms with E-state index in [1.807, 2.05) is 0 Å². The summed E-state index contributed by atoms with van der Waals surface area (Å²) in [7, 11) is 0. The molecule has 0 atom stereocenters. The fourth-order valence-electron chi connectivity index (χ4n) is 4.84. The summed E-state index contributed by atoms with van der Waals surface area (Å²) < 4.78 is -0.436. The molecule has 210 valence electrons. The number of allylic oxidation sites excluding steroid dienone is 2. The number of nitrogens with zero attached hydrogens (tertiary/aromatic N) is 1. The molecule has 7 heteroatoms. The molecule has 0 aromatic carbocycles. The summed E-state index contributed by atoms with van der Waals surface area (Å²) >= 11 is 0. The van der Waals surface area contributed by atoms with Gasteiger partial charge in [-0.2, -0.15) is 0 Å².